The molecule has 0 saturated carbocycles. The number of aromatic nitrogens is 4. The molecule has 0 radical (unpaired) electrons. The van der Waals surface area contributed by atoms with Crippen molar-refractivity contribution in [3.8, 4) is 0 Å². The minimum Gasteiger partial charge on any atom is -0.460 e. The molecular formula is C38H44N4O9. The average Bonchev–Trinajstić information content (AvgIpc) is 3.72. The van der Waals surface area contributed by atoms with Gasteiger partial charge >= 0.3 is 5.97 Å². The number of aliphatic hydroxyl groups is 3. The van der Waals surface area contributed by atoms with E-state index in [0.29, 0.717) is 33.5 Å². The number of ketones is 2. The first-order valence-corrected chi connectivity index (χ1v) is 17.3. The van der Waals surface area contributed by atoms with E-state index in [9.17, 15) is 29.7 Å². The number of nitrogens with zero attached hydrogens (tertiary/aromatic N) is 2. The van der Waals surface area contributed by atoms with Gasteiger partial charge in [0, 0.05) is 41.8 Å². The molecule has 0 aromatic carbocycles. The predicted octanol–water partition coefficient (Wildman–Crippen LogP) is 3.58. The van der Waals surface area contributed by atoms with Gasteiger partial charge in [0.15, 0.2) is 11.6 Å². The molecule has 7 heterocycles. The maximum atomic E-state index is 14.6. The van der Waals surface area contributed by atoms with Crippen LogP contribution in [0.5, 0.6) is 0 Å². The second kappa shape index (κ2) is 12.4. The molecule has 3 aromatic heterocycles. The molecule has 51 heavy (non-hydrogen) atoms. The van der Waals surface area contributed by atoms with Gasteiger partial charge in [-0.25, -0.2) is 9.97 Å². The highest BCUT2D eigenvalue weighted by atomic mass is 16.6. The van der Waals surface area contributed by atoms with Crippen LogP contribution in [-0.4, -0.2) is 102 Å². The number of fused-ring (bicyclic) bond motifs is 8. The molecule has 0 amide bonds. The zero-order chi connectivity index (χ0) is 36.7. The van der Waals surface area contributed by atoms with Crippen LogP contribution in [-0.2, 0) is 29.8 Å². The predicted molar refractivity (Wildman–Crippen MR) is 185 cm³/mol. The first kappa shape index (κ1) is 35.1. The van der Waals surface area contributed by atoms with E-state index < -0.39 is 65.6 Å². The number of rotatable bonds is 3. The number of ether oxygens (including phenoxy) is 3. The fourth-order valence-electron chi connectivity index (χ4n) is 7.98. The van der Waals surface area contributed by atoms with Crippen LogP contribution in [0.1, 0.15) is 91.0 Å². The van der Waals surface area contributed by atoms with E-state index in [-0.39, 0.29) is 35.8 Å². The average molecular weight is 701 g/mol. The highest BCUT2D eigenvalue weighted by Crippen LogP contribution is 2.43. The summed E-state index contributed by atoms with van der Waals surface area (Å²) < 4.78 is 18.1. The zero-order valence-corrected chi connectivity index (χ0v) is 29.7. The van der Waals surface area contributed by atoms with Crippen molar-refractivity contribution in [2.75, 3.05) is 0 Å². The summed E-state index contributed by atoms with van der Waals surface area (Å²) in [5, 5.41) is 32.1. The molecule has 13 nitrogen and oxygen atoms in total. The number of aromatic amines is 2. The van der Waals surface area contributed by atoms with Gasteiger partial charge in [0.25, 0.3) is 0 Å². The van der Waals surface area contributed by atoms with Crippen LogP contribution in [0.2, 0.25) is 0 Å². The van der Waals surface area contributed by atoms with Crippen molar-refractivity contribution in [2.24, 2.45) is 0 Å². The number of esters is 1. The van der Waals surface area contributed by atoms with Gasteiger partial charge in [-0.3, -0.25) is 14.4 Å². The number of hydrogen-bond donors (Lipinski definition) is 5. The first-order chi connectivity index (χ1) is 24.0. The summed E-state index contributed by atoms with van der Waals surface area (Å²) in [5.74, 6) is -1.23. The van der Waals surface area contributed by atoms with Crippen LogP contribution in [0.15, 0.2) is 36.4 Å². The Hall–Kier alpha value is -4.27. The van der Waals surface area contributed by atoms with Gasteiger partial charge < -0.3 is 39.5 Å². The summed E-state index contributed by atoms with van der Waals surface area (Å²) in [4.78, 5) is 57.5. The summed E-state index contributed by atoms with van der Waals surface area (Å²) in [5.41, 5.74) is 2.26. The van der Waals surface area contributed by atoms with Crippen molar-refractivity contribution in [1.29, 1.82) is 0 Å². The van der Waals surface area contributed by atoms with Gasteiger partial charge in [0.05, 0.1) is 41.9 Å². The van der Waals surface area contributed by atoms with Gasteiger partial charge in [-0.05, 0) is 89.1 Å². The molecule has 2 saturated heterocycles. The third-order valence-corrected chi connectivity index (χ3v) is 11.2. The van der Waals surface area contributed by atoms with Crippen LogP contribution >= 0.6 is 0 Å². The number of Topliss-reactive ketones (excluding diaryl/α,β-unsaturated/α-hetero) is 2. The summed E-state index contributed by atoms with van der Waals surface area (Å²) in [6.07, 6.45) is -6.84. The lowest BCUT2D eigenvalue weighted by Gasteiger charge is -2.44. The second-order valence-corrected chi connectivity index (χ2v) is 14.9. The molecule has 10 atom stereocenters. The Morgan fingerprint density at radius 1 is 0.745 bits per heavy atom. The highest BCUT2D eigenvalue weighted by Gasteiger charge is 2.57. The third-order valence-electron chi connectivity index (χ3n) is 11.2. The Morgan fingerprint density at radius 3 is 1.84 bits per heavy atom. The lowest BCUT2D eigenvalue weighted by molar-refractivity contribution is -0.197. The zero-order valence-electron chi connectivity index (χ0n) is 29.7. The monoisotopic (exact) mass is 700 g/mol. The largest absolute Gasteiger partial charge is 0.460 e. The van der Waals surface area contributed by atoms with Gasteiger partial charge in [-0.15, -0.1) is 0 Å². The topological polar surface area (TPSA) is 197 Å². The Morgan fingerprint density at radius 2 is 1.24 bits per heavy atom. The fraction of sp³-hybridized carbons (Fsp3) is 0.500. The van der Waals surface area contributed by atoms with Crippen molar-refractivity contribution in [2.45, 2.75) is 121 Å². The summed E-state index contributed by atoms with van der Waals surface area (Å²) in [6, 6.07) is 10.5. The second-order valence-electron chi connectivity index (χ2n) is 14.9. The smallest absolute Gasteiger partial charge is 0.302 e. The SMILES string of the molecule is CC(=O)OC1CC(O)C(C)OC1C1(C)C(=O)c2cc3[nH]c(cc4nc(cc5cc(C)c(cc1n2)[nH]5)C(=O)C4(C)C1OC(C)C(O)CC1O)cc3C. The first-order valence-electron chi connectivity index (χ1n) is 17.3. The van der Waals surface area contributed by atoms with Crippen LogP contribution in [0.4, 0.5) is 0 Å². The van der Waals surface area contributed by atoms with E-state index in [1.54, 1.807) is 52.0 Å². The number of carbonyl (C=O) groups is 3. The molecule has 0 spiro atoms. The molecule has 10 unspecified atom stereocenters. The molecule has 4 aliphatic rings. The number of H-pyrrole nitrogens is 2. The summed E-state index contributed by atoms with van der Waals surface area (Å²) in [7, 11) is 0. The molecule has 270 valence electrons. The van der Waals surface area contributed by atoms with E-state index in [1.165, 1.54) is 6.92 Å². The van der Waals surface area contributed by atoms with Gasteiger partial charge in [-0.2, -0.15) is 0 Å². The Kier molecular flexibility index (Phi) is 8.58. The maximum Gasteiger partial charge on any atom is 0.302 e. The van der Waals surface area contributed by atoms with Gasteiger partial charge in [-0.1, -0.05) is 0 Å². The molecule has 13 heteroatoms. The highest BCUT2D eigenvalue weighted by molar-refractivity contribution is 6.07. The minimum absolute atomic E-state index is 0.0532. The molecule has 8 bridgehead atoms. The van der Waals surface area contributed by atoms with E-state index in [1.807, 2.05) is 26.0 Å². The van der Waals surface area contributed by atoms with E-state index in [2.05, 4.69) is 9.97 Å². The van der Waals surface area contributed by atoms with Crippen LogP contribution in [0.3, 0.4) is 0 Å². The fourth-order valence-corrected chi connectivity index (χ4v) is 7.98. The lowest BCUT2D eigenvalue weighted by Crippen LogP contribution is -2.57. The standard InChI is InChI=1S/C38H44N4O9/c1-16-9-22-11-31-37(6,35-29(46)14-27(44)18(3)49-35)33(47)25(41-31)10-21-8-17(2)24(39-21)13-32-38(7,34(48)26(42-32)12-23(16)40-22)36-30(51-20(5)43)15-28(45)19(4)50-36/h8-13,18-19,27-30,35-36,39-40,44-46H,14-15H2,1-7H3. The number of nitrogens with one attached hydrogen (secondary N) is 2. The summed E-state index contributed by atoms with van der Waals surface area (Å²) >= 11 is 0. The quantitative estimate of drug-likeness (QED) is 0.251. The molecule has 4 aliphatic heterocycles. The van der Waals surface area contributed by atoms with Crippen LogP contribution < -0.4 is 0 Å². The third kappa shape index (κ3) is 5.71. The molecule has 0 aliphatic carbocycles. The van der Waals surface area contributed by atoms with E-state index in [0.717, 1.165) is 11.1 Å². The Labute approximate surface area is 294 Å². The number of aliphatic hydroxyl groups excluding tert-OH is 3. The number of hydrogen-bond acceptors (Lipinski definition) is 11. The normalized spacial score (nSPS) is 34.1. The van der Waals surface area contributed by atoms with Gasteiger partial charge in [0.1, 0.15) is 40.5 Å². The molecule has 7 rings (SSSR count). The van der Waals surface area contributed by atoms with Crippen molar-refractivity contribution >= 4 is 39.6 Å². The van der Waals surface area contributed by atoms with Crippen molar-refractivity contribution in [1.82, 2.24) is 19.9 Å². The van der Waals surface area contributed by atoms with Gasteiger partial charge in [0.2, 0.25) is 0 Å². The molecular weight excluding hydrogens is 656 g/mol. The summed E-state index contributed by atoms with van der Waals surface area (Å²) in [6.45, 7) is 11.9. The van der Waals surface area contributed by atoms with Crippen LogP contribution in [0.25, 0.3) is 22.1 Å². The molecule has 2 fully saturated rings. The maximum absolute atomic E-state index is 14.6. The Balaban J connectivity index is 1.46. The van der Waals surface area contributed by atoms with Crippen molar-refractivity contribution in [3.05, 3.63) is 70.3 Å². The van der Waals surface area contributed by atoms with Crippen molar-refractivity contribution in [3.63, 3.8) is 0 Å². The Bertz CT molecular complexity index is 2110. The minimum atomic E-state index is -1.41. The lowest BCUT2D eigenvalue weighted by atomic mass is 9.73. The van der Waals surface area contributed by atoms with E-state index >= 15 is 0 Å². The number of aryl methyl sites for hydroxylation is 2. The van der Waals surface area contributed by atoms with Crippen molar-refractivity contribution < 1.29 is 43.9 Å². The van der Waals surface area contributed by atoms with Crippen LogP contribution in [0, 0.1) is 13.8 Å². The van der Waals surface area contributed by atoms with E-state index in [4.69, 9.17) is 24.2 Å². The molecule has 5 N–H and O–H groups in total. The molecule has 3 aromatic rings. The number of carbonyl (C=O) groups excluding carboxylic acids is 3.